The van der Waals surface area contributed by atoms with Gasteiger partial charge >= 0.3 is 12.3 Å². The fraction of sp³-hybridized carbons (Fsp3) is 0.150. The molecule has 1 heterocycles. The van der Waals surface area contributed by atoms with Crippen molar-refractivity contribution in [1.82, 2.24) is 4.90 Å². The van der Waals surface area contributed by atoms with Gasteiger partial charge in [-0.1, -0.05) is 12.1 Å². The van der Waals surface area contributed by atoms with Gasteiger partial charge in [0.2, 0.25) is 0 Å². The van der Waals surface area contributed by atoms with Gasteiger partial charge in [-0.25, -0.2) is 4.79 Å². The van der Waals surface area contributed by atoms with Crippen LogP contribution in [0.25, 0.3) is 0 Å². The highest BCUT2D eigenvalue weighted by atomic mass is 19.4. The van der Waals surface area contributed by atoms with Gasteiger partial charge < -0.3 is 25.2 Å². The van der Waals surface area contributed by atoms with Crippen LogP contribution in [0.3, 0.4) is 0 Å². The molecule has 3 N–H and O–H groups in total. The van der Waals surface area contributed by atoms with Gasteiger partial charge in [0.25, 0.3) is 0 Å². The summed E-state index contributed by atoms with van der Waals surface area (Å²) in [5, 5.41) is 9.18. The Kier molecular flexibility index (Phi) is 5.79. The Morgan fingerprint density at radius 2 is 1.79 bits per heavy atom. The molecule has 0 saturated heterocycles. The predicted octanol–water partition coefficient (Wildman–Crippen LogP) is 4.00. The number of allylic oxidation sites excluding steroid dienone is 2. The van der Waals surface area contributed by atoms with E-state index < -0.39 is 18.5 Å². The molecule has 6 nitrogen and oxygen atoms in total. The SMILES string of the molecule is NC1C(C(=O)O)=CC=CN1Cc1cccc(Oc2ccc(OC(F)(F)F)cc2)c1. The van der Waals surface area contributed by atoms with Crippen molar-refractivity contribution < 1.29 is 32.5 Å². The first-order valence-electron chi connectivity index (χ1n) is 8.47. The van der Waals surface area contributed by atoms with Crippen molar-refractivity contribution in [2.24, 2.45) is 5.73 Å². The van der Waals surface area contributed by atoms with Crippen molar-refractivity contribution in [3.8, 4) is 17.2 Å². The molecule has 0 amide bonds. The molecule has 1 aliphatic heterocycles. The van der Waals surface area contributed by atoms with E-state index in [0.717, 1.165) is 17.7 Å². The number of rotatable bonds is 6. The quantitative estimate of drug-likeness (QED) is 0.754. The zero-order valence-electron chi connectivity index (χ0n) is 15.0. The lowest BCUT2D eigenvalue weighted by molar-refractivity contribution is -0.274. The van der Waals surface area contributed by atoms with Crippen LogP contribution < -0.4 is 15.2 Å². The topological polar surface area (TPSA) is 85.0 Å². The zero-order valence-corrected chi connectivity index (χ0v) is 15.0. The average molecular weight is 406 g/mol. The Balaban J connectivity index is 1.66. The first kappa shape index (κ1) is 20.3. The molecule has 2 aromatic rings. The van der Waals surface area contributed by atoms with E-state index in [2.05, 4.69) is 4.74 Å². The zero-order chi connectivity index (χ0) is 21.0. The second kappa shape index (κ2) is 8.27. The minimum Gasteiger partial charge on any atom is -0.478 e. The number of nitrogens with two attached hydrogens (primary N) is 1. The maximum atomic E-state index is 12.2. The van der Waals surface area contributed by atoms with E-state index in [4.69, 9.17) is 10.5 Å². The first-order valence-corrected chi connectivity index (χ1v) is 8.47. The summed E-state index contributed by atoms with van der Waals surface area (Å²) >= 11 is 0. The van der Waals surface area contributed by atoms with Gasteiger partial charge in [-0.05, 0) is 54.1 Å². The van der Waals surface area contributed by atoms with Gasteiger partial charge in [-0.15, -0.1) is 13.2 Å². The van der Waals surface area contributed by atoms with Crippen molar-refractivity contribution in [3.63, 3.8) is 0 Å². The summed E-state index contributed by atoms with van der Waals surface area (Å²) in [6.07, 6.45) is -0.782. The molecule has 29 heavy (non-hydrogen) atoms. The van der Waals surface area contributed by atoms with Crippen LogP contribution in [0.2, 0.25) is 0 Å². The lowest BCUT2D eigenvalue weighted by Gasteiger charge is -2.30. The van der Waals surface area contributed by atoms with E-state index in [0.29, 0.717) is 18.0 Å². The summed E-state index contributed by atoms with van der Waals surface area (Å²) in [5.74, 6) is -0.619. The number of nitrogens with zero attached hydrogens (tertiary/aromatic N) is 1. The number of halogens is 3. The molecular weight excluding hydrogens is 389 g/mol. The van der Waals surface area contributed by atoms with Crippen LogP contribution in [-0.2, 0) is 11.3 Å². The summed E-state index contributed by atoms with van der Waals surface area (Å²) in [4.78, 5) is 12.9. The number of ether oxygens (including phenoxy) is 2. The molecule has 0 bridgehead atoms. The number of carboxylic acids is 1. The summed E-state index contributed by atoms with van der Waals surface area (Å²) in [6, 6.07) is 12.0. The fourth-order valence-electron chi connectivity index (χ4n) is 2.74. The standard InChI is InChI=1S/C20H17F3N2O4/c21-20(22,23)29-15-8-6-14(7-9-15)28-16-4-1-3-13(11-16)12-25-10-2-5-17(18(25)24)19(26)27/h1-11,18H,12,24H2,(H,26,27). The Morgan fingerprint density at radius 1 is 1.10 bits per heavy atom. The third-order valence-electron chi connectivity index (χ3n) is 4.03. The molecule has 0 aliphatic carbocycles. The maximum Gasteiger partial charge on any atom is 0.573 e. The van der Waals surface area contributed by atoms with Crippen LogP contribution in [0.5, 0.6) is 17.2 Å². The molecular formula is C20H17F3N2O4. The average Bonchev–Trinajstić information content (AvgIpc) is 2.64. The molecule has 0 radical (unpaired) electrons. The van der Waals surface area contributed by atoms with Crippen LogP contribution >= 0.6 is 0 Å². The minimum atomic E-state index is -4.75. The molecule has 1 aliphatic rings. The third kappa shape index (κ3) is 5.52. The van der Waals surface area contributed by atoms with Crippen LogP contribution in [0.4, 0.5) is 13.2 Å². The summed E-state index contributed by atoms with van der Waals surface area (Å²) < 4.78 is 46.1. The van der Waals surface area contributed by atoms with Gasteiger partial charge in [0.1, 0.15) is 23.4 Å². The number of aliphatic carboxylic acids is 1. The van der Waals surface area contributed by atoms with E-state index >= 15 is 0 Å². The van der Waals surface area contributed by atoms with E-state index in [1.807, 2.05) is 6.07 Å². The fourth-order valence-corrected chi connectivity index (χ4v) is 2.74. The Bertz CT molecular complexity index is 939. The van der Waals surface area contributed by atoms with Crippen molar-refractivity contribution in [2.45, 2.75) is 19.1 Å². The highest BCUT2D eigenvalue weighted by Gasteiger charge is 2.31. The Labute approximate surface area is 164 Å². The molecule has 0 aromatic heterocycles. The minimum absolute atomic E-state index is 0.0843. The number of benzene rings is 2. The summed E-state index contributed by atoms with van der Waals surface area (Å²) in [6.45, 7) is 0.345. The number of carboxylic acid groups (broad SMARTS) is 1. The second-order valence-corrected chi connectivity index (χ2v) is 6.15. The van der Waals surface area contributed by atoms with E-state index in [9.17, 15) is 23.1 Å². The summed E-state index contributed by atoms with van der Waals surface area (Å²) in [5.41, 5.74) is 6.89. The molecule has 152 valence electrons. The lowest BCUT2D eigenvalue weighted by Crippen LogP contribution is -2.43. The lowest BCUT2D eigenvalue weighted by atomic mass is 10.1. The monoisotopic (exact) mass is 406 g/mol. The number of carbonyl (C=O) groups is 1. The van der Waals surface area contributed by atoms with Crippen molar-refractivity contribution in [1.29, 1.82) is 0 Å². The highest BCUT2D eigenvalue weighted by Crippen LogP contribution is 2.28. The number of hydrogen-bond acceptors (Lipinski definition) is 5. The van der Waals surface area contributed by atoms with Crippen molar-refractivity contribution in [3.05, 3.63) is 78.0 Å². The molecule has 3 rings (SSSR count). The largest absolute Gasteiger partial charge is 0.573 e. The Morgan fingerprint density at radius 3 is 2.45 bits per heavy atom. The van der Waals surface area contributed by atoms with E-state index in [1.54, 1.807) is 35.4 Å². The van der Waals surface area contributed by atoms with Crippen LogP contribution in [0.15, 0.2) is 72.5 Å². The van der Waals surface area contributed by atoms with Crippen LogP contribution in [0.1, 0.15) is 5.56 Å². The normalized spacial score (nSPS) is 16.3. The molecule has 2 aromatic carbocycles. The molecule has 1 atom stereocenters. The molecule has 9 heteroatoms. The van der Waals surface area contributed by atoms with Crippen LogP contribution in [0, 0.1) is 0 Å². The first-order chi connectivity index (χ1) is 13.7. The second-order valence-electron chi connectivity index (χ2n) is 6.15. The number of alkyl halides is 3. The van der Waals surface area contributed by atoms with Gasteiger partial charge in [-0.3, -0.25) is 0 Å². The predicted molar refractivity (Wildman–Crippen MR) is 98.0 cm³/mol. The van der Waals surface area contributed by atoms with Gasteiger partial charge in [0.15, 0.2) is 0 Å². The molecule has 0 fully saturated rings. The number of hydrogen-bond donors (Lipinski definition) is 2. The molecule has 0 saturated carbocycles. The van der Waals surface area contributed by atoms with Crippen LogP contribution in [-0.4, -0.2) is 28.5 Å². The molecule has 0 spiro atoms. The smallest absolute Gasteiger partial charge is 0.478 e. The Hall–Kier alpha value is -3.46. The van der Waals surface area contributed by atoms with Crippen molar-refractivity contribution in [2.75, 3.05) is 0 Å². The summed E-state index contributed by atoms with van der Waals surface area (Å²) in [7, 11) is 0. The van der Waals surface area contributed by atoms with E-state index in [1.165, 1.54) is 18.2 Å². The van der Waals surface area contributed by atoms with Gasteiger partial charge in [0.05, 0.1) is 5.57 Å². The van der Waals surface area contributed by atoms with Gasteiger partial charge in [-0.2, -0.15) is 0 Å². The highest BCUT2D eigenvalue weighted by molar-refractivity contribution is 5.88. The van der Waals surface area contributed by atoms with Crippen molar-refractivity contribution >= 4 is 5.97 Å². The van der Waals surface area contributed by atoms with Gasteiger partial charge in [0, 0.05) is 12.7 Å². The molecule has 1 unspecified atom stereocenters. The third-order valence-corrected chi connectivity index (χ3v) is 4.03. The maximum absolute atomic E-state index is 12.2. The van der Waals surface area contributed by atoms with E-state index in [-0.39, 0.29) is 11.3 Å².